The highest BCUT2D eigenvalue weighted by Crippen LogP contribution is 2.51. The minimum atomic E-state index is -0.127. The van der Waals surface area contributed by atoms with Crippen LogP contribution < -0.4 is 5.32 Å². The molecule has 0 aromatic heterocycles. The van der Waals surface area contributed by atoms with Crippen molar-refractivity contribution < 1.29 is 0 Å². The molecule has 3 fully saturated rings. The molecular weight excluding hydrogens is 184 g/mol. The quantitative estimate of drug-likeness (QED) is 0.750. The molecular formula is C13H20N2. The zero-order chi connectivity index (χ0) is 10.3. The van der Waals surface area contributed by atoms with Crippen LogP contribution in [-0.2, 0) is 0 Å². The van der Waals surface area contributed by atoms with Crippen molar-refractivity contribution in [1.29, 1.82) is 5.26 Å². The molecule has 2 heteroatoms. The summed E-state index contributed by atoms with van der Waals surface area (Å²) >= 11 is 0. The van der Waals surface area contributed by atoms with Crippen molar-refractivity contribution in [2.75, 3.05) is 0 Å². The van der Waals surface area contributed by atoms with Gasteiger partial charge in [-0.3, -0.25) is 5.32 Å². The fourth-order valence-corrected chi connectivity index (χ4v) is 4.11. The van der Waals surface area contributed by atoms with Gasteiger partial charge in [0.1, 0.15) is 5.54 Å². The second-order valence-electron chi connectivity index (χ2n) is 5.79. The Kier molecular flexibility index (Phi) is 2.25. The molecule has 1 N–H and O–H groups in total. The molecule has 0 saturated heterocycles. The molecule has 3 atom stereocenters. The van der Waals surface area contributed by atoms with Gasteiger partial charge in [-0.1, -0.05) is 12.8 Å². The highest BCUT2D eigenvalue weighted by Gasteiger charge is 2.52. The molecule has 3 aliphatic carbocycles. The van der Waals surface area contributed by atoms with Crippen molar-refractivity contribution in [3.05, 3.63) is 0 Å². The Labute approximate surface area is 92.0 Å². The number of nitrogens with one attached hydrogen (secondary N) is 1. The minimum Gasteiger partial charge on any atom is -0.296 e. The summed E-state index contributed by atoms with van der Waals surface area (Å²) in [7, 11) is 0. The summed E-state index contributed by atoms with van der Waals surface area (Å²) in [5.74, 6) is 1.51. The van der Waals surface area contributed by atoms with E-state index < -0.39 is 0 Å². The molecule has 3 saturated carbocycles. The molecule has 0 aromatic rings. The normalized spacial score (nSPS) is 44.7. The van der Waals surface area contributed by atoms with Crippen molar-refractivity contribution in [3.8, 4) is 6.07 Å². The van der Waals surface area contributed by atoms with E-state index in [4.69, 9.17) is 0 Å². The lowest BCUT2D eigenvalue weighted by atomic mass is 9.81. The molecule has 3 rings (SSSR count). The molecule has 82 valence electrons. The molecule has 15 heavy (non-hydrogen) atoms. The summed E-state index contributed by atoms with van der Waals surface area (Å²) in [6.45, 7) is 0. The lowest BCUT2D eigenvalue weighted by Gasteiger charge is -2.34. The first kappa shape index (κ1) is 9.66. The zero-order valence-electron chi connectivity index (χ0n) is 9.34. The molecule has 0 heterocycles. The first-order chi connectivity index (χ1) is 7.32. The van der Waals surface area contributed by atoms with E-state index in [1.165, 1.54) is 44.9 Å². The zero-order valence-corrected chi connectivity index (χ0v) is 9.34. The van der Waals surface area contributed by atoms with Crippen LogP contribution in [-0.4, -0.2) is 11.6 Å². The Morgan fingerprint density at radius 3 is 2.47 bits per heavy atom. The van der Waals surface area contributed by atoms with Gasteiger partial charge in [-0.05, 0) is 50.4 Å². The molecule has 0 spiro atoms. The third-order valence-corrected chi connectivity index (χ3v) is 4.87. The Balaban J connectivity index is 1.73. The van der Waals surface area contributed by atoms with Gasteiger partial charge in [0.2, 0.25) is 0 Å². The molecule has 3 aliphatic rings. The van der Waals surface area contributed by atoms with Gasteiger partial charge in [0.15, 0.2) is 0 Å². The maximum absolute atomic E-state index is 9.49. The van der Waals surface area contributed by atoms with E-state index in [0.29, 0.717) is 12.0 Å². The van der Waals surface area contributed by atoms with Crippen molar-refractivity contribution in [2.45, 2.75) is 62.9 Å². The standard InChI is InChI=1S/C13H20N2/c14-9-13(15-12-3-1-2-4-12)8-10-5-6-11(13)7-10/h10-12,15H,1-8H2. The van der Waals surface area contributed by atoms with Crippen LogP contribution in [0.2, 0.25) is 0 Å². The predicted molar refractivity (Wildman–Crippen MR) is 59.2 cm³/mol. The van der Waals surface area contributed by atoms with Crippen LogP contribution in [0.3, 0.4) is 0 Å². The summed E-state index contributed by atoms with van der Waals surface area (Å²) in [5, 5.41) is 13.2. The van der Waals surface area contributed by atoms with Crippen LogP contribution in [0.1, 0.15) is 51.4 Å². The van der Waals surface area contributed by atoms with Gasteiger partial charge in [-0.2, -0.15) is 5.26 Å². The molecule has 0 radical (unpaired) electrons. The van der Waals surface area contributed by atoms with E-state index in [0.717, 1.165) is 12.3 Å². The first-order valence-corrected chi connectivity index (χ1v) is 6.51. The Bertz CT molecular complexity index is 287. The van der Waals surface area contributed by atoms with Crippen molar-refractivity contribution in [1.82, 2.24) is 5.32 Å². The highest BCUT2D eigenvalue weighted by molar-refractivity contribution is 5.19. The minimum absolute atomic E-state index is 0.127. The van der Waals surface area contributed by atoms with Gasteiger partial charge in [0, 0.05) is 6.04 Å². The number of nitrogens with zero attached hydrogens (tertiary/aromatic N) is 1. The highest BCUT2D eigenvalue weighted by atomic mass is 15.0. The van der Waals surface area contributed by atoms with Gasteiger partial charge in [0.25, 0.3) is 0 Å². The summed E-state index contributed by atoms with van der Waals surface area (Å²) in [4.78, 5) is 0. The summed E-state index contributed by atoms with van der Waals surface area (Å²) in [6, 6.07) is 3.27. The summed E-state index contributed by atoms with van der Waals surface area (Å²) < 4.78 is 0. The monoisotopic (exact) mass is 204 g/mol. The van der Waals surface area contributed by atoms with Crippen molar-refractivity contribution in [2.24, 2.45) is 11.8 Å². The van der Waals surface area contributed by atoms with Crippen LogP contribution in [0.5, 0.6) is 0 Å². The fraction of sp³-hybridized carbons (Fsp3) is 0.923. The van der Waals surface area contributed by atoms with Gasteiger partial charge in [-0.25, -0.2) is 0 Å². The molecule has 2 nitrogen and oxygen atoms in total. The van der Waals surface area contributed by atoms with Crippen molar-refractivity contribution >= 4 is 0 Å². The number of fused-ring (bicyclic) bond motifs is 2. The topological polar surface area (TPSA) is 35.8 Å². The largest absolute Gasteiger partial charge is 0.296 e. The molecule has 0 amide bonds. The van der Waals surface area contributed by atoms with E-state index in [-0.39, 0.29) is 5.54 Å². The fourth-order valence-electron chi connectivity index (χ4n) is 4.11. The van der Waals surface area contributed by atoms with E-state index in [2.05, 4.69) is 11.4 Å². The Morgan fingerprint density at radius 2 is 1.93 bits per heavy atom. The van der Waals surface area contributed by atoms with Gasteiger partial charge in [0.05, 0.1) is 6.07 Å². The SMILES string of the molecule is N#CC1(NC2CCCC2)CC2CCC1C2. The molecule has 0 aliphatic heterocycles. The van der Waals surface area contributed by atoms with E-state index >= 15 is 0 Å². The Hall–Kier alpha value is -0.550. The lowest BCUT2D eigenvalue weighted by molar-refractivity contribution is 0.247. The maximum Gasteiger partial charge on any atom is 0.110 e. The summed E-state index contributed by atoms with van der Waals surface area (Å²) in [5.41, 5.74) is -0.127. The Morgan fingerprint density at radius 1 is 1.13 bits per heavy atom. The third kappa shape index (κ3) is 1.49. The number of hydrogen-bond acceptors (Lipinski definition) is 2. The average molecular weight is 204 g/mol. The second-order valence-corrected chi connectivity index (χ2v) is 5.79. The predicted octanol–water partition coefficient (Wildman–Crippen LogP) is 2.60. The number of hydrogen-bond donors (Lipinski definition) is 1. The third-order valence-electron chi connectivity index (χ3n) is 4.87. The maximum atomic E-state index is 9.49. The van der Waals surface area contributed by atoms with E-state index in [9.17, 15) is 5.26 Å². The van der Waals surface area contributed by atoms with Gasteiger partial charge >= 0.3 is 0 Å². The average Bonchev–Trinajstić information content (AvgIpc) is 2.93. The van der Waals surface area contributed by atoms with Crippen LogP contribution in [0.25, 0.3) is 0 Å². The van der Waals surface area contributed by atoms with Crippen LogP contribution in [0.15, 0.2) is 0 Å². The van der Waals surface area contributed by atoms with Crippen LogP contribution >= 0.6 is 0 Å². The first-order valence-electron chi connectivity index (χ1n) is 6.51. The lowest BCUT2D eigenvalue weighted by Crippen LogP contribution is -2.52. The molecule has 0 aromatic carbocycles. The van der Waals surface area contributed by atoms with Gasteiger partial charge in [-0.15, -0.1) is 0 Å². The second kappa shape index (κ2) is 3.49. The van der Waals surface area contributed by atoms with E-state index in [1.54, 1.807) is 0 Å². The number of nitriles is 1. The smallest absolute Gasteiger partial charge is 0.110 e. The van der Waals surface area contributed by atoms with E-state index in [1.807, 2.05) is 0 Å². The van der Waals surface area contributed by atoms with Crippen LogP contribution in [0, 0.1) is 23.2 Å². The molecule has 2 bridgehead atoms. The molecule has 3 unspecified atom stereocenters. The van der Waals surface area contributed by atoms with Crippen LogP contribution in [0.4, 0.5) is 0 Å². The summed E-state index contributed by atoms with van der Waals surface area (Å²) in [6.07, 6.45) is 10.4. The van der Waals surface area contributed by atoms with Gasteiger partial charge < -0.3 is 0 Å². The number of rotatable bonds is 2. The van der Waals surface area contributed by atoms with Crippen molar-refractivity contribution in [3.63, 3.8) is 0 Å².